The standard InChI is InChI=1S/C27H31N5O3/c1-19-14-25(30-20(2)29-19)27(33)32-12-13-34-26-6-5-21(15-22(26)18-32)17-31-10-7-23(8-11-31)35-24-4-3-9-28-16-24/h3-6,9,14-16,23H,7-8,10-13,17-18H2,1-2H3. The highest BCUT2D eigenvalue weighted by molar-refractivity contribution is 5.92. The summed E-state index contributed by atoms with van der Waals surface area (Å²) in [7, 11) is 0. The molecule has 8 nitrogen and oxygen atoms in total. The third-order valence-electron chi connectivity index (χ3n) is 6.46. The maximum Gasteiger partial charge on any atom is 0.273 e. The van der Waals surface area contributed by atoms with Crippen molar-refractivity contribution in [2.24, 2.45) is 0 Å². The number of carbonyl (C=O) groups is 1. The van der Waals surface area contributed by atoms with Crippen LogP contribution in [0.5, 0.6) is 11.5 Å². The van der Waals surface area contributed by atoms with Crippen LogP contribution < -0.4 is 9.47 Å². The van der Waals surface area contributed by atoms with Gasteiger partial charge in [0.05, 0.1) is 12.7 Å². The fraction of sp³-hybridized carbons (Fsp3) is 0.407. The van der Waals surface area contributed by atoms with Crippen LogP contribution in [-0.2, 0) is 13.1 Å². The number of piperidine rings is 1. The van der Waals surface area contributed by atoms with Crippen molar-refractivity contribution in [1.82, 2.24) is 24.8 Å². The second-order valence-corrected chi connectivity index (χ2v) is 9.24. The summed E-state index contributed by atoms with van der Waals surface area (Å²) in [4.78, 5) is 30.2. The normalized spacial score (nSPS) is 16.8. The number of likely N-dealkylation sites (tertiary alicyclic amines) is 1. The van der Waals surface area contributed by atoms with E-state index in [2.05, 4.69) is 32.0 Å². The van der Waals surface area contributed by atoms with Gasteiger partial charge in [0.2, 0.25) is 0 Å². The lowest BCUT2D eigenvalue weighted by Crippen LogP contribution is -2.37. The maximum absolute atomic E-state index is 13.2. The zero-order valence-corrected chi connectivity index (χ0v) is 20.3. The zero-order valence-electron chi connectivity index (χ0n) is 20.3. The summed E-state index contributed by atoms with van der Waals surface area (Å²) in [6.45, 7) is 8.01. The second kappa shape index (κ2) is 10.4. The Balaban J connectivity index is 1.22. The molecule has 0 atom stereocenters. The lowest BCUT2D eigenvalue weighted by molar-refractivity contribution is 0.0726. The van der Waals surface area contributed by atoms with E-state index in [0.717, 1.165) is 55.2 Å². The summed E-state index contributed by atoms with van der Waals surface area (Å²) in [6, 6.07) is 12.0. The molecular formula is C27H31N5O3. The van der Waals surface area contributed by atoms with Gasteiger partial charge >= 0.3 is 0 Å². The van der Waals surface area contributed by atoms with Gasteiger partial charge in [-0.1, -0.05) is 6.07 Å². The van der Waals surface area contributed by atoms with Crippen molar-refractivity contribution in [1.29, 1.82) is 0 Å². The van der Waals surface area contributed by atoms with Crippen LogP contribution in [-0.4, -0.2) is 63.0 Å². The lowest BCUT2D eigenvalue weighted by atomic mass is 10.0. The van der Waals surface area contributed by atoms with Crippen molar-refractivity contribution >= 4 is 5.91 Å². The fourth-order valence-corrected chi connectivity index (χ4v) is 4.76. The van der Waals surface area contributed by atoms with Crippen molar-refractivity contribution < 1.29 is 14.3 Å². The average molecular weight is 474 g/mol. The largest absolute Gasteiger partial charge is 0.491 e. The number of amides is 1. The van der Waals surface area contributed by atoms with Crippen molar-refractivity contribution in [2.45, 2.75) is 45.9 Å². The molecule has 0 bridgehead atoms. The van der Waals surface area contributed by atoms with Gasteiger partial charge in [-0.3, -0.25) is 14.7 Å². The first kappa shape index (κ1) is 23.2. The van der Waals surface area contributed by atoms with Gasteiger partial charge in [-0.15, -0.1) is 0 Å². The van der Waals surface area contributed by atoms with E-state index in [1.807, 2.05) is 36.9 Å². The van der Waals surface area contributed by atoms with E-state index in [9.17, 15) is 4.79 Å². The van der Waals surface area contributed by atoms with Crippen molar-refractivity contribution in [3.63, 3.8) is 0 Å². The number of aryl methyl sites for hydroxylation is 2. The van der Waals surface area contributed by atoms with Gasteiger partial charge in [0.25, 0.3) is 5.91 Å². The molecule has 182 valence electrons. The number of ether oxygens (including phenoxy) is 2. The van der Waals surface area contributed by atoms with E-state index in [4.69, 9.17) is 9.47 Å². The molecule has 1 fully saturated rings. The number of hydrogen-bond donors (Lipinski definition) is 0. The molecular weight excluding hydrogens is 442 g/mol. The molecule has 2 aromatic heterocycles. The van der Waals surface area contributed by atoms with Gasteiger partial charge < -0.3 is 14.4 Å². The monoisotopic (exact) mass is 473 g/mol. The van der Waals surface area contributed by atoms with Gasteiger partial charge in [-0.05, 0) is 62.6 Å². The summed E-state index contributed by atoms with van der Waals surface area (Å²) < 4.78 is 12.0. The van der Waals surface area contributed by atoms with Gasteiger partial charge in [0.15, 0.2) is 0 Å². The number of rotatable bonds is 5. The Morgan fingerprint density at radius 1 is 1.11 bits per heavy atom. The molecule has 8 heteroatoms. The smallest absolute Gasteiger partial charge is 0.273 e. The van der Waals surface area contributed by atoms with Crippen LogP contribution in [0.3, 0.4) is 0 Å². The van der Waals surface area contributed by atoms with E-state index in [0.29, 0.717) is 31.2 Å². The highest BCUT2D eigenvalue weighted by Gasteiger charge is 2.24. The molecule has 0 saturated carbocycles. The average Bonchev–Trinajstić information content (AvgIpc) is 3.07. The maximum atomic E-state index is 13.2. The SMILES string of the molecule is Cc1cc(C(=O)N2CCOc3ccc(CN4CCC(Oc5cccnc5)CC4)cc3C2)nc(C)n1. The Morgan fingerprint density at radius 2 is 1.97 bits per heavy atom. The zero-order chi connectivity index (χ0) is 24.2. The summed E-state index contributed by atoms with van der Waals surface area (Å²) in [5.74, 6) is 2.21. The van der Waals surface area contributed by atoms with Crippen molar-refractivity contribution in [3.8, 4) is 11.5 Å². The predicted molar refractivity (Wildman–Crippen MR) is 131 cm³/mol. The quantitative estimate of drug-likeness (QED) is 0.560. The van der Waals surface area contributed by atoms with Crippen LogP contribution in [0.4, 0.5) is 0 Å². The number of carbonyl (C=O) groups excluding carboxylic acids is 1. The van der Waals surface area contributed by atoms with Crippen molar-refractivity contribution in [2.75, 3.05) is 26.2 Å². The number of hydrogen-bond acceptors (Lipinski definition) is 7. The van der Waals surface area contributed by atoms with E-state index in [-0.39, 0.29) is 12.0 Å². The lowest BCUT2D eigenvalue weighted by Gasteiger charge is -2.32. The highest BCUT2D eigenvalue weighted by Crippen LogP contribution is 2.27. The molecule has 0 unspecified atom stereocenters. The molecule has 0 N–H and O–H groups in total. The molecule has 3 aromatic rings. The fourth-order valence-electron chi connectivity index (χ4n) is 4.76. The molecule has 35 heavy (non-hydrogen) atoms. The molecule has 5 rings (SSSR count). The molecule has 4 heterocycles. The summed E-state index contributed by atoms with van der Waals surface area (Å²) in [5, 5.41) is 0. The van der Waals surface area contributed by atoms with Gasteiger partial charge in [-0.2, -0.15) is 0 Å². The third kappa shape index (κ3) is 5.77. The number of fused-ring (bicyclic) bond motifs is 1. The Kier molecular flexibility index (Phi) is 6.90. The van der Waals surface area contributed by atoms with Gasteiger partial charge in [0.1, 0.15) is 35.7 Å². The molecule has 2 aliphatic heterocycles. The number of pyridine rings is 1. The number of benzene rings is 1. The summed E-state index contributed by atoms with van der Waals surface area (Å²) in [5.41, 5.74) is 3.49. The molecule has 2 aliphatic rings. The van der Waals surface area contributed by atoms with E-state index >= 15 is 0 Å². The first-order valence-electron chi connectivity index (χ1n) is 12.2. The topological polar surface area (TPSA) is 80.7 Å². The van der Waals surface area contributed by atoms with Crippen LogP contribution in [0.2, 0.25) is 0 Å². The van der Waals surface area contributed by atoms with Crippen LogP contribution in [0.25, 0.3) is 0 Å². The van der Waals surface area contributed by atoms with Crippen LogP contribution in [0, 0.1) is 13.8 Å². The minimum Gasteiger partial charge on any atom is -0.491 e. The van der Waals surface area contributed by atoms with Crippen LogP contribution in [0.15, 0.2) is 48.8 Å². The van der Waals surface area contributed by atoms with Crippen LogP contribution >= 0.6 is 0 Å². The molecule has 1 saturated heterocycles. The molecule has 0 aliphatic carbocycles. The van der Waals surface area contributed by atoms with Crippen LogP contribution in [0.1, 0.15) is 46.0 Å². The van der Waals surface area contributed by atoms with Gasteiger partial charge in [0, 0.05) is 43.6 Å². The van der Waals surface area contributed by atoms with E-state index < -0.39 is 0 Å². The summed E-state index contributed by atoms with van der Waals surface area (Å²) in [6.07, 6.45) is 5.73. The van der Waals surface area contributed by atoms with Crippen molar-refractivity contribution in [3.05, 3.63) is 77.1 Å². The Hall–Kier alpha value is -3.52. The van der Waals surface area contributed by atoms with Gasteiger partial charge in [-0.25, -0.2) is 9.97 Å². The molecule has 1 amide bonds. The Labute approximate surface area is 205 Å². The van der Waals surface area contributed by atoms with E-state index in [1.165, 1.54) is 5.56 Å². The number of nitrogens with zero attached hydrogens (tertiary/aromatic N) is 5. The first-order valence-corrected chi connectivity index (χ1v) is 12.2. The highest BCUT2D eigenvalue weighted by atomic mass is 16.5. The Morgan fingerprint density at radius 3 is 2.74 bits per heavy atom. The first-order chi connectivity index (χ1) is 17.0. The molecule has 1 aromatic carbocycles. The number of aromatic nitrogens is 3. The minimum atomic E-state index is -0.0869. The summed E-state index contributed by atoms with van der Waals surface area (Å²) >= 11 is 0. The molecule has 0 spiro atoms. The molecule has 0 radical (unpaired) electrons. The minimum absolute atomic E-state index is 0.0869. The second-order valence-electron chi connectivity index (χ2n) is 9.24. The predicted octanol–water partition coefficient (Wildman–Crippen LogP) is 3.57. The third-order valence-corrected chi connectivity index (χ3v) is 6.46. The van der Waals surface area contributed by atoms with E-state index in [1.54, 1.807) is 18.5 Å². The Bertz CT molecular complexity index is 1160.